The number of likely N-dealkylation sites (N-methyl/N-ethyl adjacent to an activating group) is 1. The summed E-state index contributed by atoms with van der Waals surface area (Å²) in [5.41, 5.74) is 5.01. The van der Waals surface area contributed by atoms with E-state index in [2.05, 4.69) is 5.32 Å². The van der Waals surface area contributed by atoms with E-state index in [1.54, 1.807) is 36.4 Å². The topological polar surface area (TPSA) is 104 Å². The van der Waals surface area contributed by atoms with E-state index in [0.29, 0.717) is 35.2 Å². The summed E-state index contributed by atoms with van der Waals surface area (Å²) in [4.78, 5) is 68.3. The van der Waals surface area contributed by atoms with E-state index in [0.717, 1.165) is 23.2 Å². The summed E-state index contributed by atoms with van der Waals surface area (Å²) < 4.78 is 15.0. The van der Waals surface area contributed by atoms with Crippen molar-refractivity contribution in [3.8, 4) is 11.1 Å². The Morgan fingerprint density at radius 1 is 0.902 bits per heavy atom. The molecule has 0 spiro atoms. The lowest BCUT2D eigenvalue weighted by Gasteiger charge is -2.37. The SMILES string of the molecule is CC(=O)c1ccc(CC(=O)C2c3cccc(-c4ccc(C(=O)NCCN(C)C)cc4)c3CCN2C(=O)/C=C/c2c(C(C)=O)ccc(Cl)c2F)cc1. The van der Waals surface area contributed by atoms with Crippen LogP contribution in [0.1, 0.15) is 73.2 Å². The number of amides is 2. The second-order valence-corrected chi connectivity index (χ2v) is 13.2. The van der Waals surface area contributed by atoms with Crippen molar-refractivity contribution >= 4 is 46.8 Å². The first-order valence-corrected chi connectivity index (χ1v) is 17.0. The van der Waals surface area contributed by atoms with Gasteiger partial charge in [-0.25, -0.2) is 4.39 Å². The van der Waals surface area contributed by atoms with Gasteiger partial charge in [0.2, 0.25) is 5.91 Å². The van der Waals surface area contributed by atoms with Crippen molar-refractivity contribution in [2.75, 3.05) is 33.7 Å². The number of rotatable bonds is 12. The standard InChI is InChI=1S/C41H39ClFN3O5/c1-25(47)28-10-8-27(9-11-28)24-37(49)40-35-7-5-6-32(29-12-14-30(15-13-29)41(51)44-21-23-45(3)4)33(35)20-22-46(40)38(50)19-17-34-31(26(2)48)16-18-36(42)39(34)43/h5-19,40H,20-24H2,1-4H3,(H,44,51)/b19-17+. The van der Waals surface area contributed by atoms with E-state index in [4.69, 9.17) is 11.6 Å². The van der Waals surface area contributed by atoms with Gasteiger partial charge >= 0.3 is 0 Å². The predicted molar refractivity (Wildman–Crippen MR) is 197 cm³/mol. The second kappa shape index (κ2) is 16.2. The molecule has 0 aromatic heterocycles. The molecule has 0 radical (unpaired) electrons. The Bertz CT molecular complexity index is 2020. The smallest absolute Gasteiger partial charge is 0.251 e. The molecule has 4 aromatic carbocycles. The maximum absolute atomic E-state index is 15.0. The number of benzene rings is 4. The molecule has 4 aromatic rings. The van der Waals surface area contributed by atoms with Gasteiger partial charge in [0, 0.05) is 54.4 Å². The number of hydrogen-bond donors (Lipinski definition) is 1. The molecule has 1 aliphatic heterocycles. The Hall–Kier alpha value is -5.25. The highest BCUT2D eigenvalue weighted by atomic mass is 35.5. The molecule has 2 amide bonds. The number of halogens is 2. The van der Waals surface area contributed by atoms with Crippen LogP contribution in [-0.2, 0) is 22.4 Å². The maximum atomic E-state index is 15.0. The molecule has 1 aliphatic rings. The molecule has 0 saturated carbocycles. The normalized spacial score (nSPS) is 14.0. The third kappa shape index (κ3) is 8.56. The summed E-state index contributed by atoms with van der Waals surface area (Å²) in [6, 6.07) is 21.4. The number of nitrogens with one attached hydrogen (secondary N) is 1. The average Bonchev–Trinajstić information content (AvgIpc) is 3.11. The fourth-order valence-electron chi connectivity index (χ4n) is 6.26. The minimum Gasteiger partial charge on any atom is -0.351 e. The van der Waals surface area contributed by atoms with Gasteiger partial charge in [-0.3, -0.25) is 24.0 Å². The fourth-order valence-corrected chi connectivity index (χ4v) is 6.43. The Balaban J connectivity index is 1.49. The number of ketones is 3. The predicted octanol–water partition coefficient (Wildman–Crippen LogP) is 6.79. The Morgan fingerprint density at radius 3 is 2.24 bits per heavy atom. The fraction of sp³-hybridized carbons (Fsp3) is 0.244. The largest absolute Gasteiger partial charge is 0.351 e. The lowest BCUT2D eigenvalue weighted by Crippen LogP contribution is -2.43. The zero-order chi connectivity index (χ0) is 36.8. The van der Waals surface area contributed by atoms with Gasteiger partial charge in [-0.1, -0.05) is 66.2 Å². The van der Waals surface area contributed by atoms with Crippen molar-refractivity contribution in [3.63, 3.8) is 0 Å². The molecule has 262 valence electrons. The van der Waals surface area contributed by atoms with Gasteiger partial charge in [0.1, 0.15) is 11.9 Å². The molecular weight excluding hydrogens is 669 g/mol. The van der Waals surface area contributed by atoms with Crippen LogP contribution in [0.4, 0.5) is 4.39 Å². The summed E-state index contributed by atoms with van der Waals surface area (Å²) in [6.45, 7) is 4.20. The van der Waals surface area contributed by atoms with Crippen molar-refractivity contribution in [1.29, 1.82) is 0 Å². The zero-order valence-corrected chi connectivity index (χ0v) is 29.7. The second-order valence-electron chi connectivity index (χ2n) is 12.8. The molecule has 8 nitrogen and oxygen atoms in total. The van der Waals surface area contributed by atoms with Gasteiger partial charge in [-0.2, -0.15) is 0 Å². The first kappa shape index (κ1) is 37.0. The van der Waals surface area contributed by atoms with E-state index in [-0.39, 0.29) is 52.4 Å². The third-order valence-electron chi connectivity index (χ3n) is 8.96. The number of carbonyl (C=O) groups excluding carboxylic acids is 5. The zero-order valence-electron chi connectivity index (χ0n) is 29.0. The van der Waals surface area contributed by atoms with Crippen LogP contribution in [0.2, 0.25) is 5.02 Å². The van der Waals surface area contributed by atoms with Crippen LogP contribution in [0.3, 0.4) is 0 Å². The van der Waals surface area contributed by atoms with Crippen LogP contribution >= 0.6 is 11.6 Å². The molecule has 0 bridgehead atoms. The Morgan fingerprint density at radius 2 is 1.59 bits per heavy atom. The van der Waals surface area contributed by atoms with Gasteiger partial charge in [0.15, 0.2) is 17.3 Å². The van der Waals surface area contributed by atoms with Gasteiger partial charge < -0.3 is 15.1 Å². The average molecular weight is 708 g/mol. The van der Waals surface area contributed by atoms with Crippen LogP contribution in [0.25, 0.3) is 17.2 Å². The van der Waals surface area contributed by atoms with E-state index in [1.807, 2.05) is 49.3 Å². The Labute approximate surface area is 301 Å². The van der Waals surface area contributed by atoms with Crippen LogP contribution in [0.5, 0.6) is 0 Å². The minimum atomic E-state index is -0.975. The highest BCUT2D eigenvalue weighted by Crippen LogP contribution is 2.38. The number of fused-ring (bicyclic) bond motifs is 1. The highest BCUT2D eigenvalue weighted by Gasteiger charge is 2.36. The first-order valence-electron chi connectivity index (χ1n) is 16.6. The van der Waals surface area contributed by atoms with Crippen LogP contribution in [0.15, 0.2) is 84.9 Å². The van der Waals surface area contributed by atoms with Crippen LogP contribution < -0.4 is 5.32 Å². The van der Waals surface area contributed by atoms with E-state index in [9.17, 15) is 24.0 Å². The van der Waals surface area contributed by atoms with Crippen molar-refractivity contribution < 1.29 is 28.4 Å². The monoisotopic (exact) mass is 707 g/mol. The van der Waals surface area contributed by atoms with Gasteiger partial charge in [-0.15, -0.1) is 0 Å². The molecule has 5 rings (SSSR count). The van der Waals surface area contributed by atoms with Crippen LogP contribution in [0, 0.1) is 5.82 Å². The lowest BCUT2D eigenvalue weighted by atomic mass is 9.83. The van der Waals surface area contributed by atoms with Crippen LogP contribution in [-0.4, -0.2) is 72.7 Å². The third-order valence-corrected chi connectivity index (χ3v) is 9.25. The maximum Gasteiger partial charge on any atom is 0.251 e. The number of hydrogen-bond acceptors (Lipinski definition) is 6. The molecule has 10 heteroatoms. The van der Waals surface area contributed by atoms with Gasteiger partial charge in [-0.05, 0) is 92.5 Å². The van der Waals surface area contributed by atoms with Crippen molar-refractivity contribution in [2.45, 2.75) is 32.7 Å². The lowest BCUT2D eigenvalue weighted by molar-refractivity contribution is -0.136. The highest BCUT2D eigenvalue weighted by molar-refractivity contribution is 6.31. The summed E-state index contributed by atoms with van der Waals surface area (Å²) in [7, 11) is 3.87. The molecule has 0 aliphatic carbocycles. The molecule has 1 N–H and O–H groups in total. The summed E-state index contributed by atoms with van der Waals surface area (Å²) in [5.74, 6) is -2.24. The number of Topliss-reactive ketones (excluding diaryl/α,β-unsaturated/α-hetero) is 3. The molecular formula is C41H39ClFN3O5. The van der Waals surface area contributed by atoms with E-state index in [1.165, 1.54) is 43.0 Å². The van der Waals surface area contributed by atoms with Crippen molar-refractivity contribution in [1.82, 2.24) is 15.1 Å². The molecule has 51 heavy (non-hydrogen) atoms. The minimum absolute atomic E-state index is 0.00491. The molecule has 0 fully saturated rings. The van der Waals surface area contributed by atoms with Crippen molar-refractivity contribution in [3.05, 3.63) is 135 Å². The summed E-state index contributed by atoms with van der Waals surface area (Å²) in [6.07, 6.45) is 2.82. The van der Waals surface area contributed by atoms with E-state index >= 15 is 4.39 Å². The first-order chi connectivity index (χ1) is 24.3. The molecule has 1 heterocycles. The van der Waals surface area contributed by atoms with E-state index < -0.39 is 17.8 Å². The summed E-state index contributed by atoms with van der Waals surface area (Å²) >= 11 is 6.00. The Kier molecular flexibility index (Phi) is 11.7. The molecule has 1 atom stereocenters. The number of nitrogens with zero attached hydrogens (tertiary/aromatic N) is 2. The van der Waals surface area contributed by atoms with Gasteiger partial charge in [0.25, 0.3) is 5.91 Å². The van der Waals surface area contributed by atoms with Crippen molar-refractivity contribution in [2.24, 2.45) is 0 Å². The van der Waals surface area contributed by atoms with Gasteiger partial charge in [0.05, 0.1) is 5.02 Å². The number of carbonyl (C=O) groups is 5. The molecule has 1 unspecified atom stereocenters. The molecule has 0 saturated heterocycles. The summed E-state index contributed by atoms with van der Waals surface area (Å²) in [5, 5.41) is 2.73. The quantitative estimate of drug-likeness (QED) is 0.128.